The summed E-state index contributed by atoms with van der Waals surface area (Å²) in [6.07, 6.45) is 0.579. The monoisotopic (exact) mass is 356 g/mol. The lowest BCUT2D eigenvalue weighted by atomic mass is 9.84. The van der Waals surface area contributed by atoms with E-state index in [4.69, 9.17) is 5.73 Å². The molecule has 0 saturated carbocycles. The number of carbonyl (C=O) groups is 2. The first-order valence-electron chi connectivity index (χ1n) is 6.66. The number of anilines is 1. The second-order valence-electron chi connectivity index (χ2n) is 6.24. The van der Waals surface area contributed by atoms with Crippen LogP contribution in [0.5, 0.6) is 0 Å². The van der Waals surface area contributed by atoms with Crippen molar-refractivity contribution in [2.24, 2.45) is 17.1 Å². The molecule has 0 saturated heterocycles. The molecule has 0 aliphatic heterocycles. The molecule has 4 N–H and O–H groups in total. The van der Waals surface area contributed by atoms with Gasteiger partial charge in [-0.15, -0.1) is 0 Å². The van der Waals surface area contributed by atoms with Crippen molar-refractivity contribution in [2.75, 3.05) is 11.9 Å². The highest BCUT2D eigenvalue weighted by atomic mass is 79.9. The minimum atomic E-state index is -0.815. The molecular formula is C15H21BrN2O3. The molecule has 6 heteroatoms. The van der Waals surface area contributed by atoms with Crippen LogP contribution in [0.15, 0.2) is 22.7 Å². The summed E-state index contributed by atoms with van der Waals surface area (Å²) in [6.45, 7) is 6.37. The average Bonchev–Trinajstić information content (AvgIpc) is 2.32. The van der Waals surface area contributed by atoms with Crippen molar-refractivity contribution in [1.29, 1.82) is 0 Å². The summed E-state index contributed by atoms with van der Waals surface area (Å²) >= 11 is 3.28. The minimum absolute atomic E-state index is 0.0544. The largest absolute Gasteiger partial charge is 0.481 e. The van der Waals surface area contributed by atoms with Gasteiger partial charge in [0.1, 0.15) is 0 Å². The van der Waals surface area contributed by atoms with Gasteiger partial charge in [-0.3, -0.25) is 9.59 Å². The second kappa shape index (κ2) is 6.93. The molecule has 0 spiro atoms. The highest BCUT2D eigenvalue weighted by Crippen LogP contribution is 2.26. The fourth-order valence-electron chi connectivity index (χ4n) is 2.05. The zero-order valence-corrected chi connectivity index (χ0v) is 14.0. The van der Waals surface area contributed by atoms with Crippen molar-refractivity contribution in [1.82, 2.24) is 0 Å². The van der Waals surface area contributed by atoms with Gasteiger partial charge in [0, 0.05) is 16.7 Å². The third-order valence-electron chi connectivity index (χ3n) is 3.00. The summed E-state index contributed by atoms with van der Waals surface area (Å²) in [5, 5.41) is 12.4. The van der Waals surface area contributed by atoms with E-state index in [1.807, 2.05) is 20.8 Å². The molecule has 0 fully saturated rings. The van der Waals surface area contributed by atoms with Crippen LogP contribution < -0.4 is 11.1 Å². The molecule has 0 heterocycles. The number of aliphatic carboxylic acids is 1. The number of carbonyl (C=O) groups excluding carboxylic acids is 1. The fourth-order valence-corrected chi connectivity index (χ4v) is 2.63. The summed E-state index contributed by atoms with van der Waals surface area (Å²) in [5.41, 5.74) is 6.31. The standard InChI is InChI=1S/C15H21BrN2O3/c1-15(2,3)7-9(14(20)21)8-18-10-4-5-11(13(17)19)12(16)6-10/h4-6,9,18H,7-8H2,1-3H3,(H2,17,19)(H,20,21). The van der Waals surface area contributed by atoms with E-state index in [1.54, 1.807) is 18.2 Å². The minimum Gasteiger partial charge on any atom is -0.481 e. The number of rotatable bonds is 6. The van der Waals surface area contributed by atoms with Gasteiger partial charge in [-0.25, -0.2) is 0 Å². The Hall–Kier alpha value is -1.56. The molecule has 0 bridgehead atoms. The molecule has 0 radical (unpaired) electrons. The molecule has 1 unspecified atom stereocenters. The van der Waals surface area contributed by atoms with Crippen LogP contribution in [0, 0.1) is 11.3 Å². The van der Waals surface area contributed by atoms with E-state index in [2.05, 4.69) is 21.2 Å². The Kier molecular flexibility index (Phi) is 5.78. The van der Waals surface area contributed by atoms with Gasteiger partial charge in [0.15, 0.2) is 0 Å². The topological polar surface area (TPSA) is 92.4 Å². The Balaban J connectivity index is 2.75. The summed E-state index contributed by atoms with van der Waals surface area (Å²) in [4.78, 5) is 22.4. The van der Waals surface area contributed by atoms with Gasteiger partial charge in [-0.2, -0.15) is 0 Å². The Morgan fingerprint density at radius 1 is 1.38 bits per heavy atom. The Labute approximate surface area is 133 Å². The number of hydrogen-bond acceptors (Lipinski definition) is 3. The van der Waals surface area contributed by atoms with Crippen LogP contribution in [0.2, 0.25) is 0 Å². The number of carboxylic acid groups (broad SMARTS) is 1. The van der Waals surface area contributed by atoms with Crippen molar-refractivity contribution in [3.8, 4) is 0 Å². The third-order valence-corrected chi connectivity index (χ3v) is 3.65. The van der Waals surface area contributed by atoms with Crippen molar-refractivity contribution in [3.63, 3.8) is 0 Å². The first-order valence-corrected chi connectivity index (χ1v) is 7.45. The summed E-state index contributed by atoms with van der Waals surface area (Å²) in [6, 6.07) is 5.03. The van der Waals surface area contributed by atoms with E-state index in [-0.39, 0.29) is 5.41 Å². The van der Waals surface area contributed by atoms with E-state index in [1.165, 1.54) is 0 Å². The van der Waals surface area contributed by atoms with Crippen LogP contribution in [0.3, 0.4) is 0 Å². The molecule has 0 aliphatic carbocycles. The number of nitrogens with one attached hydrogen (secondary N) is 1. The maximum atomic E-state index is 11.3. The number of carboxylic acids is 1. The summed E-state index contributed by atoms with van der Waals surface area (Å²) < 4.78 is 0.586. The number of amides is 1. The molecule has 0 aromatic heterocycles. The second-order valence-corrected chi connectivity index (χ2v) is 7.09. The lowest BCUT2D eigenvalue weighted by molar-refractivity contribution is -0.142. The normalized spacial score (nSPS) is 12.8. The third kappa shape index (κ3) is 5.75. The molecule has 1 rings (SSSR count). The number of benzene rings is 1. The van der Waals surface area contributed by atoms with E-state index < -0.39 is 17.8 Å². The van der Waals surface area contributed by atoms with Crippen LogP contribution in [-0.2, 0) is 4.79 Å². The number of halogens is 1. The first-order chi connectivity index (χ1) is 9.60. The maximum Gasteiger partial charge on any atom is 0.308 e. The highest BCUT2D eigenvalue weighted by Gasteiger charge is 2.24. The molecule has 116 valence electrons. The number of hydrogen-bond donors (Lipinski definition) is 3. The summed E-state index contributed by atoms with van der Waals surface area (Å²) in [5.74, 6) is -1.80. The molecule has 1 atom stereocenters. The zero-order valence-electron chi connectivity index (χ0n) is 12.4. The van der Waals surface area contributed by atoms with Crippen LogP contribution >= 0.6 is 15.9 Å². The molecule has 0 aliphatic rings. The predicted molar refractivity (Wildman–Crippen MR) is 86.3 cm³/mol. The Morgan fingerprint density at radius 3 is 2.43 bits per heavy atom. The lowest BCUT2D eigenvalue weighted by Gasteiger charge is -2.23. The molecule has 5 nitrogen and oxygen atoms in total. The van der Waals surface area contributed by atoms with Gasteiger partial charge >= 0.3 is 5.97 Å². The van der Waals surface area contributed by atoms with Crippen LogP contribution in [0.25, 0.3) is 0 Å². The van der Waals surface area contributed by atoms with E-state index >= 15 is 0 Å². The Morgan fingerprint density at radius 2 is 2.00 bits per heavy atom. The number of primary amides is 1. The molecular weight excluding hydrogens is 336 g/mol. The van der Waals surface area contributed by atoms with Gasteiger partial charge in [0.2, 0.25) is 5.91 Å². The molecule has 1 aromatic carbocycles. The van der Waals surface area contributed by atoms with E-state index in [9.17, 15) is 14.7 Å². The SMILES string of the molecule is CC(C)(C)CC(CNc1ccc(C(N)=O)c(Br)c1)C(=O)O. The van der Waals surface area contributed by atoms with Gasteiger partial charge in [0.05, 0.1) is 11.5 Å². The number of nitrogens with two attached hydrogens (primary N) is 1. The van der Waals surface area contributed by atoms with Crippen LogP contribution in [-0.4, -0.2) is 23.5 Å². The van der Waals surface area contributed by atoms with Gasteiger partial charge < -0.3 is 16.2 Å². The quantitative estimate of drug-likeness (QED) is 0.729. The first kappa shape index (κ1) is 17.5. The average molecular weight is 357 g/mol. The molecule has 1 aromatic rings. The Bertz CT molecular complexity index is 538. The van der Waals surface area contributed by atoms with Crippen molar-refractivity contribution >= 4 is 33.5 Å². The van der Waals surface area contributed by atoms with Crippen molar-refractivity contribution < 1.29 is 14.7 Å². The van der Waals surface area contributed by atoms with E-state index in [0.717, 1.165) is 5.69 Å². The molecule has 1 amide bonds. The maximum absolute atomic E-state index is 11.3. The van der Waals surface area contributed by atoms with Crippen LogP contribution in [0.4, 0.5) is 5.69 Å². The lowest BCUT2D eigenvalue weighted by Crippen LogP contribution is -2.27. The predicted octanol–water partition coefficient (Wildman–Crippen LogP) is 3.10. The van der Waals surface area contributed by atoms with Crippen molar-refractivity contribution in [2.45, 2.75) is 27.2 Å². The van der Waals surface area contributed by atoms with Gasteiger partial charge in [0.25, 0.3) is 0 Å². The summed E-state index contributed by atoms with van der Waals surface area (Å²) in [7, 11) is 0. The fraction of sp³-hybridized carbons (Fsp3) is 0.467. The zero-order chi connectivity index (χ0) is 16.2. The van der Waals surface area contributed by atoms with Gasteiger partial charge in [-0.1, -0.05) is 20.8 Å². The van der Waals surface area contributed by atoms with Crippen molar-refractivity contribution in [3.05, 3.63) is 28.2 Å². The highest BCUT2D eigenvalue weighted by molar-refractivity contribution is 9.10. The molecule has 21 heavy (non-hydrogen) atoms. The van der Waals surface area contributed by atoms with Gasteiger partial charge in [-0.05, 0) is 46.0 Å². The smallest absolute Gasteiger partial charge is 0.308 e. The van der Waals surface area contributed by atoms with Crippen LogP contribution in [0.1, 0.15) is 37.6 Å². The van der Waals surface area contributed by atoms with E-state index in [0.29, 0.717) is 23.0 Å².